The molecule has 5 nitrogen and oxygen atoms in total. The normalized spacial score (nSPS) is 10.5. The van der Waals surface area contributed by atoms with Crippen LogP contribution in [0.4, 0.5) is 14.7 Å². The van der Waals surface area contributed by atoms with E-state index in [4.69, 9.17) is 22.1 Å². The molecule has 0 unspecified atom stereocenters. The van der Waals surface area contributed by atoms with Crippen molar-refractivity contribution < 1.29 is 18.3 Å². The molecule has 0 fully saturated rings. The molecule has 0 saturated carbocycles. The van der Waals surface area contributed by atoms with E-state index in [9.17, 15) is 8.78 Å². The second kappa shape index (κ2) is 4.92. The fourth-order valence-electron chi connectivity index (χ4n) is 0.842. The third-order valence-corrected chi connectivity index (χ3v) is 1.55. The molecule has 1 aromatic rings. The van der Waals surface area contributed by atoms with Crippen molar-refractivity contribution in [2.75, 3.05) is 12.3 Å². The van der Waals surface area contributed by atoms with Crippen molar-refractivity contribution >= 4 is 17.5 Å². The SMILES string of the molecule is CCOc1nc(N)nc(Cl)c1OC(F)F. The third kappa shape index (κ3) is 3.05. The summed E-state index contributed by atoms with van der Waals surface area (Å²) in [5.41, 5.74) is 5.26. The summed E-state index contributed by atoms with van der Waals surface area (Å²) in [6.45, 7) is -1.17. The Morgan fingerprint density at radius 1 is 1.47 bits per heavy atom. The number of aromatic nitrogens is 2. The monoisotopic (exact) mass is 239 g/mol. The molecule has 0 aliphatic rings. The highest BCUT2D eigenvalue weighted by Gasteiger charge is 2.18. The minimum Gasteiger partial charge on any atom is -0.475 e. The molecule has 1 aromatic heterocycles. The quantitative estimate of drug-likeness (QED) is 0.810. The van der Waals surface area contributed by atoms with Crippen LogP contribution < -0.4 is 15.2 Å². The predicted molar refractivity (Wildman–Crippen MR) is 49.3 cm³/mol. The maximum absolute atomic E-state index is 12.0. The fraction of sp³-hybridized carbons (Fsp3) is 0.429. The first kappa shape index (κ1) is 11.7. The number of hydrogen-bond donors (Lipinski definition) is 1. The molecule has 8 heteroatoms. The van der Waals surface area contributed by atoms with Crippen LogP contribution in [0.1, 0.15) is 6.92 Å². The highest BCUT2D eigenvalue weighted by molar-refractivity contribution is 6.31. The summed E-state index contributed by atoms with van der Waals surface area (Å²) in [5, 5.41) is -0.314. The van der Waals surface area contributed by atoms with Crippen LogP contribution in [0.3, 0.4) is 0 Å². The molecule has 15 heavy (non-hydrogen) atoms. The number of nitrogen functional groups attached to an aromatic ring is 1. The molecule has 84 valence electrons. The topological polar surface area (TPSA) is 70.3 Å². The van der Waals surface area contributed by atoms with Gasteiger partial charge in [-0.3, -0.25) is 0 Å². The first-order valence-electron chi connectivity index (χ1n) is 3.95. The van der Waals surface area contributed by atoms with Crippen molar-refractivity contribution in [2.45, 2.75) is 13.5 Å². The van der Waals surface area contributed by atoms with Crippen molar-refractivity contribution in [2.24, 2.45) is 0 Å². The Kier molecular flexibility index (Phi) is 3.84. The van der Waals surface area contributed by atoms with Gasteiger partial charge in [-0.15, -0.1) is 0 Å². The number of anilines is 1. The van der Waals surface area contributed by atoms with Crippen LogP contribution in [-0.2, 0) is 0 Å². The number of rotatable bonds is 4. The van der Waals surface area contributed by atoms with Gasteiger partial charge < -0.3 is 15.2 Å². The maximum Gasteiger partial charge on any atom is 0.387 e. The van der Waals surface area contributed by atoms with Crippen molar-refractivity contribution in [3.05, 3.63) is 5.15 Å². The van der Waals surface area contributed by atoms with Crippen molar-refractivity contribution in [3.8, 4) is 11.6 Å². The van der Waals surface area contributed by atoms with Crippen LogP contribution in [0.5, 0.6) is 11.6 Å². The van der Waals surface area contributed by atoms with Gasteiger partial charge in [-0.25, -0.2) is 0 Å². The largest absolute Gasteiger partial charge is 0.475 e. The molecule has 0 aliphatic heterocycles. The summed E-state index contributed by atoms with van der Waals surface area (Å²) < 4.78 is 33.0. The molecule has 0 bridgehead atoms. The van der Waals surface area contributed by atoms with E-state index in [1.54, 1.807) is 6.92 Å². The molecule has 1 heterocycles. The summed E-state index contributed by atoms with van der Waals surface area (Å²) in [4.78, 5) is 7.04. The molecule has 0 radical (unpaired) electrons. The number of halogens is 3. The smallest absolute Gasteiger partial charge is 0.387 e. The predicted octanol–water partition coefficient (Wildman–Crippen LogP) is 1.71. The van der Waals surface area contributed by atoms with Crippen LogP contribution in [-0.4, -0.2) is 23.2 Å². The van der Waals surface area contributed by atoms with Gasteiger partial charge in [0.1, 0.15) is 0 Å². The Morgan fingerprint density at radius 3 is 2.67 bits per heavy atom. The minimum atomic E-state index is -3.03. The van der Waals surface area contributed by atoms with E-state index in [0.717, 1.165) is 0 Å². The Labute approximate surface area is 89.2 Å². The standard InChI is InChI=1S/C7H8ClF2N3O2/c1-2-14-5-3(15-6(9)10)4(8)12-7(11)13-5/h6H,2H2,1H3,(H2,11,12,13). The summed E-state index contributed by atoms with van der Waals surface area (Å²) in [6.07, 6.45) is 0. The first-order chi connectivity index (χ1) is 7.04. The average molecular weight is 240 g/mol. The summed E-state index contributed by atoms with van der Waals surface area (Å²) in [5.74, 6) is -0.789. The van der Waals surface area contributed by atoms with Crippen molar-refractivity contribution in [3.63, 3.8) is 0 Å². The van der Waals surface area contributed by atoms with Gasteiger partial charge in [0, 0.05) is 0 Å². The minimum absolute atomic E-state index is 0.176. The van der Waals surface area contributed by atoms with Gasteiger partial charge in [-0.1, -0.05) is 11.6 Å². The molecule has 0 atom stereocenters. The molecule has 2 N–H and O–H groups in total. The van der Waals surface area contributed by atoms with E-state index in [2.05, 4.69) is 14.7 Å². The number of ether oxygens (including phenoxy) is 2. The zero-order valence-electron chi connectivity index (χ0n) is 7.71. The van der Waals surface area contributed by atoms with Crippen LogP contribution in [0, 0.1) is 0 Å². The molecule has 0 saturated heterocycles. The summed E-state index contributed by atoms with van der Waals surface area (Å²) in [7, 11) is 0. The van der Waals surface area contributed by atoms with Crippen molar-refractivity contribution in [1.29, 1.82) is 0 Å². The van der Waals surface area contributed by atoms with Crippen LogP contribution in [0.15, 0.2) is 0 Å². The van der Waals surface area contributed by atoms with E-state index >= 15 is 0 Å². The van der Waals surface area contributed by atoms with Gasteiger partial charge in [0.2, 0.25) is 11.7 Å². The van der Waals surface area contributed by atoms with Crippen molar-refractivity contribution in [1.82, 2.24) is 9.97 Å². The van der Waals surface area contributed by atoms with E-state index in [1.807, 2.05) is 0 Å². The zero-order chi connectivity index (χ0) is 11.4. The fourth-order valence-corrected chi connectivity index (χ4v) is 1.05. The van der Waals surface area contributed by atoms with Gasteiger partial charge in [0.15, 0.2) is 5.15 Å². The molecular formula is C7H8ClF2N3O2. The van der Waals surface area contributed by atoms with Crippen LogP contribution >= 0.6 is 11.6 Å². The second-order valence-electron chi connectivity index (χ2n) is 2.32. The average Bonchev–Trinajstić information content (AvgIpc) is 2.11. The highest BCUT2D eigenvalue weighted by atomic mass is 35.5. The van der Waals surface area contributed by atoms with Gasteiger partial charge in [-0.05, 0) is 6.92 Å². The van der Waals surface area contributed by atoms with Gasteiger partial charge in [-0.2, -0.15) is 18.7 Å². The second-order valence-corrected chi connectivity index (χ2v) is 2.68. The van der Waals surface area contributed by atoms with E-state index in [0.29, 0.717) is 0 Å². The van der Waals surface area contributed by atoms with E-state index in [1.165, 1.54) is 0 Å². The van der Waals surface area contributed by atoms with E-state index < -0.39 is 12.4 Å². The lowest BCUT2D eigenvalue weighted by Crippen LogP contribution is -2.08. The van der Waals surface area contributed by atoms with Crippen LogP contribution in [0.25, 0.3) is 0 Å². The Bertz CT molecular complexity index is 351. The van der Waals surface area contributed by atoms with Gasteiger partial charge >= 0.3 is 6.61 Å². The first-order valence-corrected chi connectivity index (χ1v) is 4.33. The third-order valence-electron chi connectivity index (χ3n) is 1.30. The molecule has 0 amide bonds. The van der Waals surface area contributed by atoms with Crippen LogP contribution in [0.2, 0.25) is 5.15 Å². The Balaban J connectivity index is 3.08. The number of hydrogen-bond acceptors (Lipinski definition) is 5. The molecular weight excluding hydrogens is 232 g/mol. The molecule has 1 rings (SSSR count). The Morgan fingerprint density at radius 2 is 2.13 bits per heavy atom. The lowest BCUT2D eigenvalue weighted by molar-refractivity contribution is -0.0520. The number of nitrogens with zero attached hydrogens (tertiary/aromatic N) is 2. The van der Waals surface area contributed by atoms with Gasteiger partial charge in [0.25, 0.3) is 5.88 Å². The lowest BCUT2D eigenvalue weighted by atomic mass is 10.5. The molecule has 0 spiro atoms. The summed E-state index contributed by atoms with van der Waals surface area (Å²) >= 11 is 5.55. The summed E-state index contributed by atoms with van der Waals surface area (Å²) in [6, 6.07) is 0. The molecule has 0 aromatic carbocycles. The highest BCUT2D eigenvalue weighted by Crippen LogP contribution is 2.33. The number of alkyl halides is 2. The maximum atomic E-state index is 12.0. The Hall–Kier alpha value is -1.37. The lowest BCUT2D eigenvalue weighted by Gasteiger charge is -2.10. The number of nitrogens with two attached hydrogens (primary N) is 1. The van der Waals surface area contributed by atoms with Gasteiger partial charge in [0.05, 0.1) is 6.61 Å². The zero-order valence-corrected chi connectivity index (χ0v) is 8.46. The van der Waals surface area contributed by atoms with E-state index in [-0.39, 0.29) is 23.6 Å². The molecule has 0 aliphatic carbocycles.